The minimum absolute atomic E-state index is 0.935. The summed E-state index contributed by atoms with van der Waals surface area (Å²) < 4.78 is 3.93. The fourth-order valence-electron chi connectivity index (χ4n) is 1.55. The molecule has 86 valence electrons. The predicted octanol–water partition coefficient (Wildman–Crippen LogP) is 3.94. The van der Waals surface area contributed by atoms with E-state index in [9.17, 15) is 0 Å². The number of nitrogens with zero attached hydrogens (tertiary/aromatic N) is 3. The van der Waals surface area contributed by atoms with Crippen LogP contribution in [0.1, 0.15) is 0 Å². The molecule has 0 spiro atoms. The Morgan fingerprint density at radius 1 is 1.41 bits per heavy atom. The van der Waals surface area contributed by atoms with Crippen molar-refractivity contribution in [3.63, 3.8) is 0 Å². The van der Waals surface area contributed by atoms with E-state index in [2.05, 4.69) is 32.1 Å². The van der Waals surface area contributed by atoms with Gasteiger partial charge >= 0.3 is 0 Å². The maximum Gasteiger partial charge on any atom is 0.213 e. The zero-order chi connectivity index (χ0) is 11.8. The van der Waals surface area contributed by atoms with Crippen LogP contribution in [0.3, 0.4) is 0 Å². The minimum Gasteiger partial charge on any atom is -0.217 e. The van der Waals surface area contributed by atoms with Gasteiger partial charge in [0.25, 0.3) is 0 Å². The van der Waals surface area contributed by atoms with Crippen LogP contribution in [0.5, 0.6) is 0 Å². The molecule has 0 saturated carbocycles. The number of rotatable bonds is 2. The van der Waals surface area contributed by atoms with Crippen LogP contribution in [0, 0.1) is 0 Å². The van der Waals surface area contributed by atoms with Gasteiger partial charge in [0.15, 0.2) is 4.34 Å². The van der Waals surface area contributed by atoms with Crippen molar-refractivity contribution in [2.75, 3.05) is 6.26 Å². The zero-order valence-electron chi connectivity index (χ0n) is 8.92. The summed E-state index contributed by atoms with van der Waals surface area (Å²) in [5, 5.41) is 4.42. The molecule has 17 heavy (non-hydrogen) atoms. The van der Waals surface area contributed by atoms with E-state index in [1.54, 1.807) is 23.1 Å². The van der Waals surface area contributed by atoms with E-state index >= 15 is 0 Å². The molecule has 0 saturated heterocycles. The number of fused-ring (bicyclic) bond motifs is 1. The van der Waals surface area contributed by atoms with Gasteiger partial charge in [0.1, 0.15) is 0 Å². The van der Waals surface area contributed by atoms with Gasteiger partial charge in [-0.2, -0.15) is 0 Å². The van der Waals surface area contributed by atoms with E-state index < -0.39 is 0 Å². The lowest BCUT2D eigenvalue weighted by molar-refractivity contribution is 0.916. The summed E-state index contributed by atoms with van der Waals surface area (Å²) in [6.07, 6.45) is 3.99. The zero-order valence-corrected chi connectivity index (χ0v) is 12.1. The minimum atomic E-state index is 0.935. The summed E-state index contributed by atoms with van der Waals surface area (Å²) in [5.74, 6) is 0. The Kier molecular flexibility index (Phi) is 2.94. The Balaban J connectivity index is 2.09. The second kappa shape index (κ2) is 4.44. The number of aromatic nitrogens is 3. The van der Waals surface area contributed by atoms with Crippen LogP contribution >= 0.6 is 39.0 Å². The molecule has 1 aromatic carbocycles. The summed E-state index contributed by atoms with van der Waals surface area (Å²) in [6, 6.07) is 8.12. The second-order valence-corrected chi connectivity index (χ2v) is 6.36. The summed E-state index contributed by atoms with van der Waals surface area (Å²) in [5.41, 5.74) is 2.06. The first-order chi connectivity index (χ1) is 8.26. The van der Waals surface area contributed by atoms with Crippen LogP contribution in [0.2, 0.25) is 0 Å². The van der Waals surface area contributed by atoms with Gasteiger partial charge in [-0.3, -0.25) is 0 Å². The van der Waals surface area contributed by atoms with Gasteiger partial charge in [-0.05, 0) is 18.4 Å². The molecule has 0 amide bonds. The van der Waals surface area contributed by atoms with Gasteiger partial charge in [-0.1, -0.05) is 51.2 Å². The lowest BCUT2D eigenvalue weighted by Gasteiger charge is -1.96. The average Bonchev–Trinajstić information content (AvgIpc) is 2.86. The molecule has 0 radical (unpaired) electrons. The van der Waals surface area contributed by atoms with Crippen molar-refractivity contribution in [1.82, 2.24) is 14.6 Å². The molecule has 2 aromatic heterocycles. The highest BCUT2D eigenvalue weighted by Gasteiger charge is 2.09. The van der Waals surface area contributed by atoms with Crippen LogP contribution in [0.25, 0.3) is 16.2 Å². The van der Waals surface area contributed by atoms with E-state index in [0.29, 0.717) is 0 Å². The quantitative estimate of drug-likeness (QED) is 0.668. The van der Waals surface area contributed by atoms with Crippen molar-refractivity contribution >= 4 is 44.0 Å². The predicted molar refractivity (Wildman–Crippen MR) is 75.8 cm³/mol. The Labute approximate surface area is 115 Å². The van der Waals surface area contributed by atoms with Gasteiger partial charge in [-0.25, -0.2) is 9.50 Å². The number of hydrogen-bond donors (Lipinski definition) is 0. The van der Waals surface area contributed by atoms with Gasteiger partial charge in [-0.15, -0.1) is 5.10 Å². The molecule has 2 heterocycles. The lowest BCUT2D eigenvalue weighted by Crippen LogP contribution is -1.80. The van der Waals surface area contributed by atoms with Crippen molar-refractivity contribution in [3.8, 4) is 11.3 Å². The Morgan fingerprint density at radius 2 is 2.29 bits per heavy atom. The van der Waals surface area contributed by atoms with E-state index in [4.69, 9.17) is 0 Å². The van der Waals surface area contributed by atoms with E-state index in [-0.39, 0.29) is 0 Å². The number of benzene rings is 1. The Morgan fingerprint density at radius 3 is 3.00 bits per heavy atom. The molecule has 0 atom stereocenters. The third-order valence-corrected chi connectivity index (χ3v) is 4.71. The third kappa shape index (κ3) is 2.12. The fraction of sp³-hybridized carbons (Fsp3) is 0.0909. The van der Waals surface area contributed by atoms with Crippen molar-refractivity contribution in [3.05, 3.63) is 34.9 Å². The van der Waals surface area contributed by atoms with Gasteiger partial charge in [0.2, 0.25) is 4.96 Å². The number of thioether (sulfide) groups is 1. The molecule has 0 unspecified atom stereocenters. The maximum absolute atomic E-state index is 4.58. The summed E-state index contributed by atoms with van der Waals surface area (Å²) in [4.78, 5) is 5.51. The van der Waals surface area contributed by atoms with E-state index in [1.807, 2.05) is 35.2 Å². The largest absolute Gasteiger partial charge is 0.217 e. The van der Waals surface area contributed by atoms with E-state index in [1.165, 1.54) is 0 Å². The van der Waals surface area contributed by atoms with Crippen LogP contribution in [0.15, 0.2) is 39.3 Å². The SMILES string of the molecule is CSc1nn2cc(-c3cccc(Br)c3)nc2s1. The highest BCUT2D eigenvalue weighted by molar-refractivity contribution is 9.10. The highest BCUT2D eigenvalue weighted by atomic mass is 79.9. The standard InChI is InChI=1S/C11H8BrN3S2/c1-16-11-14-15-6-9(13-10(15)17-11)7-3-2-4-8(12)5-7/h2-6H,1H3. The molecule has 0 bridgehead atoms. The molecule has 6 heteroatoms. The van der Waals surface area contributed by atoms with Gasteiger partial charge in [0.05, 0.1) is 11.9 Å². The number of imidazole rings is 1. The topological polar surface area (TPSA) is 30.2 Å². The van der Waals surface area contributed by atoms with Crippen LogP contribution in [0.4, 0.5) is 0 Å². The maximum atomic E-state index is 4.58. The van der Waals surface area contributed by atoms with Crippen LogP contribution in [-0.2, 0) is 0 Å². The van der Waals surface area contributed by atoms with Gasteiger partial charge in [0, 0.05) is 10.0 Å². The molecular weight excluding hydrogens is 318 g/mol. The molecule has 0 N–H and O–H groups in total. The first-order valence-corrected chi connectivity index (χ1v) is 7.76. The first-order valence-electron chi connectivity index (χ1n) is 4.92. The molecule has 3 aromatic rings. The monoisotopic (exact) mass is 325 g/mol. The van der Waals surface area contributed by atoms with Gasteiger partial charge < -0.3 is 0 Å². The normalized spacial score (nSPS) is 11.2. The van der Waals surface area contributed by atoms with Crippen molar-refractivity contribution in [1.29, 1.82) is 0 Å². The third-order valence-electron chi connectivity index (χ3n) is 2.32. The van der Waals surface area contributed by atoms with Crippen molar-refractivity contribution in [2.24, 2.45) is 0 Å². The summed E-state index contributed by atoms with van der Waals surface area (Å²) in [6.45, 7) is 0. The first kappa shape index (κ1) is 11.3. The molecular formula is C11H8BrN3S2. The molecule has 3 rings (SSSR count). The number of halogens is 1. The smallest absolute Gasteiger partial charge is 0.213 e. The Hall–Kier alpha value is -0.850. The Bertz CT molecular complexity index is 643. The highest BCUT2D eigenvalue weighted by Crippen LogP contribution is 2.27. The lowest BCUT2D eigenvalue weighted by atomic mass is 10.2. The van der Waals surface area contributed by atoms with E-state index in [0.717, 1.165) is 25.0 Å². The summed E-state index contributed by atoms with van der Waals surface area (Å²) >= 11 is 6.72. The second-order valence-electron chi connectivity index (χ2n) is 3.44. The molecule has 0 aliphatic heterocycles. The number of hydrogen-bond acceptors (Lipinski definition) is 4. The van der Waals surface area contributed by atoms with Crippen molar-refractivity contribution in [2.45, 2.75) is 4.34 Å². The van der Waals surface area contributed by atoms with Crippen molar-refractivity contribution < 1.29 is 0 Å². The van der Waals surface area contributed by atoms with Crippen LogP contribution in [-0.4, -0.2) is 20.9 Å². The molecule has 3 nitrogen and oxygen atoms in total. The summed E-state index contributed by atoms with van der Waals surface area (Å²) in [7, 11) is 0. The fourth-order valence-corrected chi connectivity index (χ4v) is 3.29. The van der Waals surface area contributed by atoms with Crippen LogP contribution < -0.4 is 0 Å². The molecule has 0 aliphatic carbocycles. The average molecular weight is 326 g/mol. The molecule has 0 aliphatic rings. The molecule has 0 fully saturated rings.